The van der Waals surface area contributed by atoms with Crippen molar-refractivity contribution in [2.75, 3.05) is 0 Å². The number of amides is 1. The maximum Gasteiger partial charge on any atom is 0.443 e. The summed E-state index contributed by atoms with van der Waals surface area (Å²) in [5.74, 6) is -0.428. The summed E-state index contributed by atoms with van der Waals surface area (Å²) >= 11 is 0.420. The number of nitrogens with zero attached hydrogens (tertiary/aromatic N) is 1. The number of hydrogen-bond donors (Lipinski definition) is 1. The normalized spacial score (nSPS) is 17.8. The molecule has 1 heterocycles. The number of nitrogens with one attached hydrogen (secondary N) is 1. The second-order valence-corrected chi connectivity index (χ2v) is 6.09. The van der Waals surface area contributed by atoms with Gasteiger partial charge in [0.15, 0.2) is 5.01 Å². The van der Waals surface area contributed by atoms with Crippen molar-refractivity contribution in [3.63, 3.8) is 0 Å². The van der Waals surface area contributed by atoms with E-state index >= 15 is 0 Å². The molecule has 1 N–H and O–H groups in total. The largest absolute Gasteiger partial charge is 0.443 e. The van der Waals surface area contributed by atoms with Crippen LogP contribution < -0.4 is 5.32 Å². The number of aromatic nitrogens is 1. The first-order valence-corrected chi connectivity index (χ1v) is 7.55. The van der Waals surface area contributed by atoms with Crippen LogP contribution in [-0.4, -0.2) is 16.9 Å². The van der Waals surface area contributed by atoms with E-state index in [9.17, 15) is 18.0 Å². The molecule has 0 spiro atoms. The topological polar surface area (TPSA) is 42.0 Å². The van der Waals surface area contributed by atoms with Crippen LogP contribution in [0.25, 0.3) is 0 Å². The van der Waals surface area contributed by atoms with Gasteiger partial charge in [-0.25, -0.2) is 4.98 Å². The van der Waals surface area contributed by atoms with Crippen molar-refractivity contribution in [2.24, 2.45) is 0 Å². The number of aryl methyl sites for hydroxylation is 1. The Hall–Kier alpha value is -1.11. The molecule has 3 nitrogen and oxygen atoms in total. The third kappa shape index (κ3) is 3.71. The molecule has 20 heavy (non-hydrogen) atoms. The first kappa shape index (κ1) is 15.3. The highest BCUT2D eigenvalue weighted by Crippen LogP contribution is 2.34. The molecule has 0 atom stereocenters. The van der Waals surface area contributed by atoms with Crippen LogP contribution in [0.15, 0.2) is 0 Å². The maximum atomic E-state index is 12.6. The van der Waals surface area contributed by atoms with Gasteiger partial charge in [0.05, 0.1) is 5.69 Å². The first-order chi connectivity index (χ1) is 9.38. The minimum Gasteiger partial charge on any atom is -0.349 e. The Morgan fingerprint density at radius 3 is 2.35 bits per heavy atom. The molecule has 7 heteroatoms. The molecule has 0 unspecified atom stereocenters. The van der Waals surface area contributed by atoms with E-state index in [-0.39, 0.29) is 16.6 Å². The third-order valence-corrected chi connectivity index (χ3v) is 4.64. The zero-order valence-corrected chi connectivity index (χ0v) is 12.0. The van der Waals surface area contributed by atoms with E-state index in [2.05, 4.69) is 10.3 Å². The Bertz CT molecular complexity index is 476. The summed E-state index contributed by atoms with van der Waals surface area (Å²) < 4.78 is 37.7. The smallest absolute Gasteiger partial charge is 0.349 e. The number of hydrogen-bond acceptors (Lipinski definition) is 3. The molecule has 1 aromatic heterocycles. The van der Waals surface area contributed by atoms with Crippen LogP contribution in [0.1, 0.15) is 58.9 Å². The number of halogens is 3. The van der Waals surface area contributed by atoms with Gasteiger partial charge < -0.3 is 5.32 Å². The van der Waals surface area contributed by atoms with Crippen LogP contribution in [0, 0.1) is 6.92 Å². The van der Waals surface area contributed by atoms with Crippen molar-refractivity contribution >= 4 is 17.2 Å². The molecule has 0 radical (unpaired) electrons. The Balaban J connectivity index is 2.07. The Labute approximate surface area is 119 Å². The molecular formula is C13H17F3N2OS. The van der Waals surface area contributed by atoms with Gasteiger partial charge in [-0.1, -0.05) is 25.7 Å². The average Bonchev–Trinajstić information content (AvgIpc) is 2.58. The SMILES string of the molecule is Cc1nc(C(F)(F)F)sc1C(=O)NC1CCCCCC1. The molecule has 1 fully saturated rings. The molecule has 1 aliphatic carbocycles. The number of thiazole rings is 1. The summed E-state index contributed by atoms with van der Waals surface area (Å²) in [6.45, 7) is 1.44. The van der Waals surface area contributed by atoms with Gasteiger partial charge >= 0.3 is 6.18 Å². The molecule has 1 saturated carbocycles. The summed E-state index contributed by atoms with van der Waals surface area (Å²) in [5, 5.41) is 1.89. The number of alkyl halides is 3. The Morgan fingerprint density at radius 1 is 1.25 bits per heavy atom. The lowest BCUT2D eigenvalue weighted by Gasteiger charge is -2.15. The fourth-order valence-electron chi connectivity index (χ4n) is 2.40. The number of carbonyl (C=O) groups excluding carboxylic acids is 1. The van der Waals surface area contributed by atoms with E-state index < -0.39 is 17.1 Å². The minimum absolute atomic E-state index is 0.0702. The van der Waals surface area contributed by atoms with Gasteiger partial charge in [-0.15, -0.1) is 11.3 Å². The van der Waals surface area contributed by atoms with E-state index in [1.165, 1.54) is 6.92 Å². The average molecular weight is 306 g/mol. The first-order valence-electron chi connectivity index (χ1n) is 6.73. The van der Waals surface area contributed by atoms with Crippen LogP contribution in [0.3, 0.4) is 0 Å². The summed E-state index contributed by atoms with van der Waals surface area (Å²) in [5.41, 5.74) is 0.147. The fourth-order valence-corrected chi connectivity index (χ4v) is 3.24. The van der Waals surface area contributed by atoms with Crippen molar-refractivity contribution in [3.8, 4) is 0 Å². The van der Waals surface area contributed by atoms with E-state index in [0.717, 1.165) is 38.5 Å². The monoisotopic (exact) mass is 306 g/mol. The summed E-state index contributed by atoms with van der Waals surface area (Å²) in [6.07, 6.45) is 1.73. The zero-order chi connectivity index (χ0) is 14.8. The molecule has 2 rings (SSSR count). The molecule has 1 aromatic rings. The lowest BCUT2D eigenvalue weighted by atomic mass is 10.1. The predicted octanol–water partition coefficient (Wildman–Crippen LogP) is 3.92. The number of carbonyl (C=O) groups is 1. The van der Waals surface area contributed by atoms with Crippen molar-refractivity contribution in [2.45, 2.75) is 57.7 Å². The van der Waals surface area contributed by atoms with Crippen LogP contribution in [0.5, 0.6) is 0 Å². The highest BCUT2D eigenvalue weighted by molar-refractivity contribution is 7.13. The second kappa shape index (κ2) is 6.11. The maximum absolute atomic E-state index is 12.6. The highest BCUT2D eigenvalue weighted by Gasteiger charge is 2.36. The molecule has 112 valence electrons. The molecular weight excluding hydrogens is 289 g/mol. The molecule has 0 saturated heterocycles. The summed E-state index contributed by atoms with van der Waals surface area (Å²) in [4.78, 5) is 15.6. The second-order valence-electron chi connectivity index (χ2n) is 5.09. The lowest BCUT2D eigenvalue weighted by molar-refractivity contribution is -0.137. The van der Waals surface area contributed by atoms with Gasteiger partial charge in [0.1, 0.15) is 4.88 Å². The van der Waals surface area contributed by atoms with E-state index in [1.807, 2.05) is 0 Å². The Morgan fingerprint density at radius 2 is 1.85 bits per heavy atom. The van der Waals surface area contributed by atoms with Gasteiger partial charge in [-0.2, -0.15) is 13.2 Å². The van der Waals surface area contributed by atoms with Crippen LogP contribution in [0.4, 0.5) is 13.2 Å². The lowest BCUT2D eigenvalue weighted by Crippen LogP contribution is -2.34. The molecule has 1 aliphatic rings. The van der Waals surface area contributed by atoms with Crippen molar-refractivity contribution in [1.82, 2.24) is 10.3 Å². The van der Waals surface area contributed by atoms with Gasteiger partial charge in [0.2, 0.25) is 0 Å². The number of rotatable bonds is 2. The summed E-state index contributed by atoms with van der Waals surface area (Å²) in [7, 11) is 0. The van der Waals surface area contributed by atoms with Crippen molar-refractivity contribution in [1.29, 1.82) is 0 Å². The predicted molar refractivity (Wildman–Crippen MR) is 70.8 cm³/mol. The minimum atomic E-state index is -4.49. The van der Waals surface area contributed by atoms with E-state index in [1.54, 1.807) is 0 Å². The van der Waals surface area contributed by atoms with Crippen LogP contribution in [-0.2, 0) is 6.18 Å². The van der Waals surface area contributed by atoms with Crippen molar-refractivity contribution < 1.29 is 18.0 Å². The standard InChI is InChI=1S/C13H17F3N2OS/c1-8-10(20-12(17-8)13(14,15)16)11(19)18-9-6-4-2-3-5-7-9/h9H,2-7H2,1H3,(H,18,19). The summed E-state index contributed by atoms with van der Waals surface area (Å²) in [6, 6.07) is 0.0702. The van der Waals surface area contributed by atoms with Crippen molar-refractivity contribution in [3.05, 3.63) is 15.6 Å². The molecule has 1 amide bonds. The van der Waals surface area contributed by atoms with Gasteiger partial charge in [0.25, 0.3) is 5.91 Å². The molecule has 0 aromatic carbocycles. The Kier molecular flexibility index (Phi) is 4.67. The third-order valence-electron chi connectivity index (χ3n) is 3.44. The quantitative estimate of drug-likeness (QED) is 0.841. The van der Waals surface area contributed by atoms with Gasteiger partial charge in [-0.3, -0.25) is 4.79 Å². The van der Waals surface area contributed by atoms with Crippen LogP contribution >= 0.6 is 11.3 Å². The van der Waals surface area contributed by atoms with Gasteiger partial charge in [-0.05, 0) is 19.8 Å². The van der Waals surface area contributed by atoms with Crippen LogP contribution in [0.2, 0.25) is 0 Å². The van der Waals surface area contributed by atoms with Gasteiger partial charge in [0, 0.05) is 6.04 Å². The van der Waals surface area contributed by atoms with E-state index in [4.69, 9.17) is 0 Å². The van der Waals surface area contributed by atoms with E-state index in [0.29, 0.717) is 11.3 Å². The molecule has 0 aliphatic heterocycles. The fraction of sp³-hybridized carbons (Fsp3) is 0.692. The molecule has 0 bridgehead atoms. The zero-order valence-electron chi connectivity index (χ0n) is 11.2. The highest BCUT2D eigenvalue weighted by atomic mass is 32.1.